The molecule has 1 aliphatic carbocycles. The van der Waals surface area contributed by atoms with Gasteiger partial charge >= 0.3 is 5.97 Å². The molecule has 28 heavy (non-hydrogen) atoms. The maximum atomic E-state index is 12.6. The fraction of sp³-hybridized carbons (Fsp3) is 0.400. The van der Waals surface area contributed by atoms with Crippen LogP contribution in [0.5, 0.6) is 5.75 Å². The van der Waals surface area contributed by atoms with E-state index in [1.807, 2.05) is 13.8 Å². The number of hydrogen-bond acceptors (Lipinski definition) is 7. The van der Waals surface area contributed by atoms with Crippen LogP contribution in [0.15, 0.2) is 46.9 Å². The molecule has 0 saturated heterocycles. The van der Waals surface area contributed by atoms with Gasteiger partial charge in [0.2, 0.25) is 11.5 Å². The second kappa shape index (κ2) is 8.24. The Labute approximate surface area is 162 Å². The molecule has 8 heteroatoms. The number of allylic oxidation sites excluding steroid dienone is 2. The van der Waals surface area contributed by atoms with E-state index in [1.165, 1.54) is 38.5 Å². The highest BCUT2D eigenvalue weighted by atomic mass is 16.6. The monoisotopic (exact) mass is 389 g/mol. The lowest BCUT2D eigenvalue weighted by Crippen LogP contribution is -2.28. The third-order valence-corrected chi connectivity index (χ3v) is 4.72. The van der Waals surface area contributed by atoms with Crippen molar-refractivity contribution in [3.05, 3.63) is 57.0 Å². The first-order valence-corrected chi connectivity index (χ1v) is 8.62. The number of benzene rings is 1. The molecule has 0 heterocycles. The summed E-state index contributed by atoms with van der Waals surface area (Å²) in [5.41, 5.74) is 0.539. The molecule has 0 saturated carbocycles. The van der Waals surface area contributed by atoms with Gasteiger partial charge in [0.25, 0.3) is 5.69 Å². The van der Waals surface area contributed by atoms with E-state index in [1.54, 1.807) is 6.92 Å². The standard InChI is InChI=1S/C20H23NO7/c1-12-15(10-16(26-4)19(27-5)18(12)23)20(2,3)11-17(22)28-14-8-6-13(7-9-14)21(24)25/h6-9H,10-11H2,1-5H3. The van der Waals surface area contributed by atoms with Crippen LogP contribution in [0.25, 0.3) is 0 Å². The van der Waals surface area contributed by atoms with Crippen LogP contribution in [0.4, 0.5) is 5.69 Å². The minimum atomic E-state index is -0.666. The zero-order valence-electron chi connectivity index (χ0n) is 16.5. The van der Waals surface area contributed by atoms with E-state index < -0.39 is 16.3 Å². The summed E-state index contributed by atoms with van der Waals surface area (Å²) >= 11 is 0. The van der Waals surface area contributed by atoms with Crippen molar-refractivity contribution in [2.75, 3.05) is 14.2 Å². The van der Waals surface area contributed by atoms with Crippen LogP contribution < -0.4 is 4.74 Å². The molecule has 0 atom stereocenters. The highest BCUT2D eigenvalue weighted by Gasteiger charge is 2.36. The van der Waals surface area contributed by atoms with Crippen molar-refractivity contribution in [2.24, 2.45) is 5.41 Å². The maximum absolute atomic E-state index is 12.6. The Morgan fingerprint density at radius 1 is 1.18 bits per heavy atom. The van der Waals surface area contributed by atoms with E-state index in [9.17, 15) is 19.7 Å². The lowest BCUT2D eigenvalue weighted by atomic mass is 9.74. The summed E-state index contributed by atoms with van der Waals surface area (Å²) < 4.78 is 15.8. The number of ketones is 1. The first kappa shape index (κ1) is 21.1. The number of carbonyl (C=O) groups is 2. The first-order chi connectivity index (χ1) is 13.1. The molecule has 0 N–H and O–H groups in total. The number of rotatable bonds is 7. The van der Waals surface area contributed by atoms with Crippen LogP contribution in [0, 0.1) is 15.5 Å². The Morgan fingerprint density at radius 3 is 2.29 bits per heavy atom. The number of carbonyl (C=O) groups excluding carboxylic acids is 2. The summed E-state index contributed by atoms with van der Waals surface area (Å²) in [5.74, 6) is 0.0402. The number of non-ortho nitro benzene ring substituents is 1. The predicted octanol–water partition coefficient (Wildman–Crippen LogP) is 3.71. The van der Waals surface area contributed by atoms with Crippen LogP contribution in [0.2, 0.25) is 0 Å². The molecule has 0 aliphatic heterocycles. The summed E-state index contributed by atoms with van der Waals surface area (Å²) in [6, 6.07) is 5.27. The Hall–Kier alpha value is -3.16. The van der Waals surface area contributed by atoms with Gasteiger partial charge in [-0.1, -0.05) is 13.8 Å². The van der Waals surface area contributed by atoms with Gasteiger partial charge in [-0.05, 0) is 30.0 Å². The topological polar surface area (TPSA) is 105 Å². The van der Waals surface area contributed by atoms with Crippen molar-refractivity contribution < 1.29 is 28.7 Å². The van der Waals surface area contributed by atoms with E-state index in [4.69, 9.17) is 14.2 Å². The van der Waals surface area contributed by atoms with Gasteiger partial charge in [0.15, 0.2) is 0 Å². The maximum Gasteiger partial charge on any atom is 0.312 e. The van der Waals surface area contributed by atoms with Crippen molar-refractivity contribution in [3.63, 3.8) is 0 Å². The second-order valence-electron chi connectivity index (χ2n) is 7.06. The Bertz CT molecular complexity index is 863. The normalized spacial score (nSPS) is 14.8. The molecule has 1 aromatic rings. The first-order valence-electron chi connectivity index (χ1n) is 8.62. The number of esters is 1. The van der Waals surface area contributed by atoms with Crippen molar-refractivity contribution in [1.29, 1.82) is 0 Å². The van der Waals surface area contributed by atoms with Gasteiger partial charge in [0.05, 0.1) is 25.6 Å². The molecule has 2 rings (SSSR count). The summed E-state index contributed by atoms with van der Waals surface area (Å²) in [4.78, 5) is 35.1. The average Bonchev–Trinajstić information content (AvgIpc) is 2.63. The average molecular weight is 389 g/mol. The molecule has 1 aromatic carbocycles. The van der Waals surface area contributed by atoms with Gasteiger partial charge < -0.3 is 14.2 Å². The number of nitro groups is 1. The Kier molecular flexibility index (Phi) is 6.23. The predicted molar refractivity (Wildman–Crippen MR) is 100 cm³/mol. The van der Waals surface area contributed by atoms with Crippen LogP contribution in [0.3, 0.4) is 0 Å². The third-order valence-electron chi connectivity index (χ3n) is 4.72. The fourth-order valence-electron chi connectivity index (χ4n) is 3.20. The molecule has 1 aliphatic rings. The number of methoxy groups -OCH3 is 2. The minimum Gasteiger partial charge on any atom is -0.497 e. The molecule has 0 radical (unpaired) electrons. The molecule has 0 aromatic heterocycles. The SMILES string of the molecule is COC1=C(OC)C(=O)C(C)=C(C(C)(C)CC(=O)Oc2ccc([N+](=O)[O-])cc2)C1. The number of ether oxygens (including phenoxy) is 3. The lowest BCUT2D eigenvalue weighted by Gasteiger charge is -2.32. The lowest BCUT2D eigenvalue weighted by molar-refractivity contribution is -0.384. The van der Waals surface area contributed by atoms with E-state index in [2.05, 4.69) is 0 Å². The number of hydrogen-bond donors (Lipinski definition) is 0. The smallest absolute Gasteiger partial charge is 0.312 e. The zero-order chi connectivity index (χ0) is 21.1. The molecular weight excluding hydrogens is 366 g/mol. The Morgan fingerprint density at radius 2 is 1.79 bits per heavy atom. The van der Waals surface area contributed by atoms with Crippen LogP contribution in [-0.4, -0.2) is 30.9 Å². The van der Waals surface area contributed by atoms with E-state index in [0.717, 1.165) is 5.57 Å². The van der Waals surface area contributed by atoms with Crippen LogP contribution in [-0.2, 0) is 19.1 Å². The third kappa shape index (κ3) is 4.39. The van der Waals surface area contributed by atoms with Crippen molar-refractivity contribution in [2.45, 2.75) is 33.6 Å². The zero-order valence-corrected chi connectivity index (χ0v) is 16.5. The van der Waals surface area contributed by atoms with Crippen molar-refractivity contribution in [3.8, 4) is 5.75 Å². The van der Waals surface area contributed by atoms with Gasteiger partial charge in [-0.15, -0.1) is 0 Å². The van der Waals surface area contributed by atoms with Gasteiger partial charge in [-0.2, -0.15) is 0 Å². The van der Waals surface area contributed by atoms with Gasteiger partial charge in [-0.3, -0.25) is 19.7 Å². The molecule has 8 nitrogen and oxygen atoms in total. The van der Waals surface area contributed by atoms with E-state index >= 15 is 0 Å². The Balaban J connectivity index is 2.16. The molecule has 0 spiro atoms. The quantitative estimate of drug-likeness (QED) is 0.303. The summed E-state index contributed by atoms with van der Waals surface area (Å²) in [7, 11) is 2.88. The van der Waals surface area contributed by atoms with Gasteiger partial charge in [-0.25, -0.2) is 0 Å². The van der Waals surface area contributed by atoms with Crippen molar-refractivity contribution >= 4 is 17.4 Å². The van der Waals surface area contributed by atoms with Crippen molar-refractivity contribution in [1.82, 2.24) is 0 Å². The summed E-state index contributed by atoms with van der Waals surface area (Å²) in [5, 5.41) is 10.7. The van der Waals surface area contributed by atoms with Crippen LogP contribution in [0.1, 0.15) is 33.6 Å². The number of nitrogens with zero attached hydrogens (tertiary/aromatic N) is 1. The number of nitro benzene ring substituents is 1. The molecule has 150 valence electrons. The molecule has 0 fully saturated rings. The highest BCUT2D eigenvalue weighted by Crippen LogP contribution is 2.41. The highest BCUT2D eigenvalue weighted by molar-refractivity contribution is 6.08. The second-order valence-corrected chi connectivity index (χ2v) is 7.06. The van der Waals surface area contributed by atoms with Gasteiger partial charge in [0.1, 0.15) is 11.5 Å². The largest absolute Gasteiger partial charge is 0.497 e. The van der Waals surface area contributed by atoms with E-state index in [-0.39, 0.29) is 29.4 Å². The molecule has 0 amide bonds. The molecular formula is C20H23NO7. The molecule has 0 bridgehead atoms. The molecule has 0 unspecified atom stereocenters. The summed E-state index contributed by atoms with van der Waals surface area (Å²) in [6.07, 6.45) is 0.373. The minimum absolute atomic E-state index is 0.0171. The van der Waals surface area contributed by atoms with Crippen LogP contribution >= 0.6 is 0 Å². The summed E-state index contributed by atoms with van der Waals surface area (Å²) in [6.45, 7) is 5.40. The van der Waals surface area contributed by atoms with E-state index in [0.29, 0.717) is 17.8 Å². The fourth-order valence-corrected chi connectivity index (χ4v) is 3.20. The number of Topliss-reactive ketones (excluding diaryl/α,β-unsaturated/α-hetero) is 1. The van der Waals surface area contributed by atoms with Gasteiger partial charge in [0, 0.05) is 24.1 Å².